The van der Waals surface area contributed by atoms with Crippen molar-refractivity contribution < 1.29 is 4.74 Å². The fourth-order valence-electron chi connectivity index (χ4n) is 3.86. The highest BCUT2D eigenvalue weighted by molar-refractivity contribution is 5.30. The van der Waals surface area contributed by atoms with Crippen molar-refractivity contribution in [2.24, 2.45) is 0 Å². The molecule has 32 heavy (non-hydrogen) atoms. The highest BCUT2D eigenvalue weighted by atomic mass is 16.5. The first-order chi connectivity index (χ1) is 15.8. The summed E-state index contributed by atoms with van der Waals surface area (Å²) in [5.41, 5.74) is 8.20. The van der Waals surface area contributed by atoms with Gasteiger partial charge >= 0.3 is 0 Å². The number of ether oxygens (including phenoxy) is 1. The maximum absolute atomic E-state index is 5.82. The molecule has 0 saturated carbocycles. The highest BCUT2D eigenvalue weighted by Gasteiger charge is 2.04. The molecule has 1 nitrogen and oxygen atoms in total. The molecular weight excluding hydrogens is 388 g/mol. The van der Waals surface area contributed by atoms with E-state index in [0.717, 1.165) is 38.5 Å². The Morgan fingerprint density at radius 1 is 0.656 bits per heavy atom. The lowest BCUT2D eigenvalue weighted by Crippen LogP contribution is -2.00. The zero-order valence-electron chi connectivity index (χ0n) is 19.4. The average molecular weight is 425 g/mol. The summed E-state index contributed by atoms with van der Waals surface area (Å²) in [6.07, 6.45) is 12.4. The lowest BCUT2D eigenvalue weighted by molar-refractivity contribution is 0.148. The van der Waals surface area contributed by atoms with Gasteiger partial charge in [-0.3, -0.25) is 0 Å². The van der Waals surface area contributed by atoms with Crippen molar-refractivity contribution in [2.45, 2.75) is 52.1 Å². The van der Waals surface area contributed by atoms with E-state index >= 15 is 0 Å². The first-order valence-corrected chi connectivity index (χ1v) is 11.8. The van der Waals surface area contributed by atoms with Crippen molar-refractivity contribution in [2.75, 3.05) is 6.61 Å². The van der Waals surface area contributed by atoms with Crippen LogP contribution in [0.4, 0.5) is 0 Å². The van der Waals surface area contributed by atoms with Crippen LogP contribution in [0.25, 0.3) is 0 Å². The van der Waals surface area contributed by atoms with Crippen LogP contribution in [0.3, 0.4) is 0 Å². The molecule has 0 atom stereocenters. The van der Waals surface area contributed by atoms with Crippen molar-refractivity contribution in [3.8, 4) is 0 Å². The van der Waals surface area contributed by atoms with Gasteiger partial charge in [0, 0.05) is 0 Å². The van der Waals surface area contributed by atoms with E-state index in [4.69, 9.17) is 4.74 Å². The number of hydrogen-bond acceptors (Lipinski definition) is 1. The third-order valence-electron chi connectivity index (χ3n) is 5.80. The predicted molar refractivity (Wildman–Crippen MR) is 137 cm³/mol. The molecule has 3 rings (SSSR count). The van der Waals surface area contributed by atoms with E-state index in [1.165, 1.54) is 33.4 Å². The Morgan fingerprint density at radius 2 is 1.19 bits per heavy atom. The van der Waals surface area contributed by atoms with Gasteiger partial charge in [-0.25, -0.2) is 0 Å². The van der Waals surface area contributed by atoms with Crippen LogP contribution in [0.15, 0.2) is 97.6 Å². The van der Waals surface area contributed by atoms with Crippen LogP contribution in [-0.4, -0.2) is 6.61 Å². The van der Waals surface area contributed by atoms with E-state index in [0.29, 0.717) is 13.2 Å². The first kappa shape index (κ1) is 23.8. The van der Waals surface area contributed by atoms with E-state index in [2.05, 4.69) is 98.5 Å². The molecule has 0 N–H and O–H groups in total. The van der Waals surface area contributed by atoms with Gasteiger partial charge in [-0.2, -0.15) is 0 Å². The number of rotatable bonds is 13. The van der Waals surface area contributed by atoms with Gasteiger partial charge < -0.3 is 4.74 Å². The van der Waals surface area contributed by atoms with Crippen LogP contribution >= 0.6 is 0 Å². The molecule has 0 amide bonds. The largest absolute Gasteiger partial charge is 0.373 e. The van der Waals surface area contributed by atoms with Crippen LogP contribution in [-0.2, 0) is 43.4 Å². The Kier molecular flexibility index (Phi) is 10.0. The maximum atomic E-state index is 5.82. The predicted octanol–water partition coefficient (Wildman–Crippen LogP) is 7.47. The molecule has 0 spiro atoms. The maximum Gasteiger partial charge on any atom is 0.0723 e. The highest BCUT2D eigenvalue weighted by Crippen LogP contribution is 2.16. The van der Waals surface area contributed by atoms with E-state index in [1.54, 1.807) is 0 Å². The lowest BCUT2D eigenvalue weighted by Gasteiger charge is -2.10. The average Bonchev–Trinajstić information content (AvgIpc) is 2.84. The van der Waals surface area contributed by atoms with Gasteiger partial charge in [-0.15, -0.1) is 6.58 Å². The molecule has 0 unspecified atom stereocenters. The minimum atomic E-state index is 0.678. The SMILES string of the molecule is C=CCc1ccc(CCc2ccc(CCc3ccccc3COC/C=C/CC)cc2)cc1. The molecule has 166 valence electrons. The van der Waals surface area contributed by atoms with Gasteiger partial charge in [0.25, 0.3) is 0 Å². The van der Waals surface area contributed by atoms with Gasteiger partial charge in [0.2, 0.25) is 0 Å². The molecule has 1 heteroatoms. The van der Waals surface area contributed by atoms with Crippen LogP contribution < -0.4 is 0 Å². The molecule has 0 aliphatic heterocycles. The Bertz CT molecular complexity index is 964. The Hall–Kier alpha value is -2.90. The summed E-state index contributed by atoms with van der Waals surface area (Å²) in [4.78, 5) is 0. The quantitative estimate of drug-likeness (QED) is 0.204. The fraction of sp³-hybridized carbons (Fsp3) is 0.290. The normalized spacial score (nSPS) is 11.2. The zero-order valence-corrected chi connectivity index (χ0v) is 19.4. The summed E-state index contributed by atoms with van der Waals surface area (Å²) in [7, 11) is 0. The van der Waals surface area contributed by atoms with E-state index in [-0.39, 0.29) is 0 Å². The monoisotopic (exact) mass is 424 g/mol. The topological polar surface area (TPSA) is 9.23 Å². The van der Waals surface area contributed by atoms with Crippen LogP contribution in [0.2, 0.25) is 0 Å². The zero-order chi connectivity index (χ0) is 22.4. The molecule has 0 aromatic heterocycles. The van der Waals surface area contributed by atoms with Gasteiger partial charge in [0.1, 0.15) is 0 Å². The number of aryl methyl sites for hydroxylation is 4. The van der Waals surface area contributed by atoms with Crippen molar-refractivity contribution in [1.29, 1.82) is 0 Å². The smallest absolute Gasteiger partial charge is 0.0723 e. The summed E-state index contributed by atoms with van der Waals surface area (Å²) >= 11 is 0. The molecule has 0 aliphatic carbocycles. The molecular formula is C31H36O. The summed E-state index contributed by atoms with van der Waals surface area (Å²) in [5.74, 6) is 0. The molecule has 0 bridgehead atoms. The number of allylic oxidation sites excluding steroid dienone is 2. The second kappa shape index (κ2) is 13.5. The van der Waals surface area contributed by atoms with E-state index in [9.17, 15) is 0 Å². The summed E-state index contributed by atoms with van der Waals surface area (Å²) < 4.78 is 5.82. The second-order valence-corrected chi connectivity index (χ2v) is 8.29. The Balaban J connectivity index is 1.47. The standard InChI is InChI=1S/C31H36O/c1-3-5-8-24-32-25-31-11-7-6-10-30(31)23-22-29-20-18-28(19-21-29)17-16-27-14-12-26(9-4-2)13-15-27/h4-8,10-15,18-21H,2-3,9,16-17,22-25H2,1H3/b8-5+. The van der Waals surface area contributed by atoms with Gasteiger partial charge in [0.05, 0.1) is 13.2 Å². The minimum Gasteiger partial charge on any atom is -0.373 e. The lowest BCUT2D eigenvalue weighted by atomic mass is 9.98. The number of hydrogen-bond donors (Lipinski definition) is 0. The van der Waals surface area contributed by atoms with E-state index < -0.39 is 0 Å². The van der Waals surface area contributed by atoms with Crippen LogP contribution in [0.5, 0.6) is 0 Å². The van der Waals surface area contributed by atoms with E-state index in [1.807, 2.05) is 6.08 Å². The van der Waals surface area contributed by atoms with Crippen LogP contribution in [0, 0.1) is 0 Å². The molecule has 3 aromatic carbocycles. The molecule has 0 heterocycles. The Labute approximate surface area is 194 Å². The molecule has 0 aliphatic rings. The second-order valence-electron chi connectivity index (χ2n) is 8.29. The first-order valence-electron chi connectivity index (χ1n) is 11.8. The summed E-state index contributed by atoms with van der Waals surface area (Å²) in [5, 5.41) is 0. The minimum absolute atomic E-state index is 0.678. The van der Waals surface area contributed by atoms with Crippen molar-refractivity contribution in [3.05, 3.63) is 131 Å². The van der Waals surface area contributed by atoms with Gasteiger partial charge in [-0.05, 0) is 71.9 Å². The summed E-state index contributed by atoms with van der Waals surface area (Å²) in [6.45, 7) is 7.31. The van der Waals surface area contributed by atoms with Crippen molar-refractivity contribution >= 4 is 0 Å². The van der Waals surface area contributed by atoms with Crippen molar-refractivity contribution in [1.82, 2.24) is 0 Å². The fourth-order valence-corrected chi connectivity index (χ4v) is 3.86. The van der Waals surface area contributed by atoms with Crippen LogP contribution in [0.1, 0.15) is 46.7 Å². The molecule has 0 fully saturated rings. The third-order valence-corrected chi connectivity index (χ3v) is 5.80. The van der Waals surface area contributed by atoms with Gasteiger partial charge in [0.15, 0.2) is 0 Å². The van der Waals surface area contributed by atoms with Crippen molar-refractivity contribution in [3.63, 3.8) is 0 Å². The molecule has 3 aromatic rings. The van der Waals surface area contributed by atoms with Gasteiger partial charge in [-0.1, -0.05) is 97.9 Å². The number of benzene rings is 3. The molecule has 0 saturated heterocycles. The third kappa shape index (κ3) is 7.98. The molecule has 0 radical (unpaired) electrons. The summed E-state index contributed by atoms with van der Waals surface area (Å²) in [6, 6.07) is 26.7. The Morgan fingerprint density at radius 3 is 1.75 bits per heavy atom.